The van der Waals surface area contributed by atoms with Crippen molar-refractivity contribution in [2.75, 3.05) is 4.90 Å². The van der Waals surface area contributed by atoms with Gasteiger partial charge in [0.15, 0.2) is 0 Å². The lowest BCUT2D eigenvalue weighted by atomic mass is 10.0. The summed E-state index contributed by atoms with van der Waals surface area (Å²) in [4.78, 5) is 8.12. The van der Waals surface area contributed by atoms with Gasteiger partial charge in [0.05, 0.1) is 12.7 Å². The molecular weight excluding hydrogens is 426 g/mol. The number of hydrogen-bond acceptors (Lipinski definition) is 6. The molecule has 0 aliphatic heterocycles. The molecule has 1 atom stereocenters. The summed E-state index contributed by atoms with van der Waals surface area (Å²) < 4.78 is 29.8. The number of hydrogen-bond donors (Lipinski definition) is 1. The molecule has 4 aromatic rings. The van der Waals surface area contributed by atoms with Crippen LogP contribution in [0.15, 0.2) is 30.3 Å². The first kappa shape index (κ1) is 22.8. The van der Waals surface area contributed by atoms with Crippen LogP contribution in [0.3, 0.4) is 0 Å². The van der Waals surface area contributed by atoms with Crippen LogP contribution < -0.4 is 10.6 Å². The molecule has 0 saturated carbocycles. The van der Waals surface area contributed by atoms with Crippen LogP contribution >= 0.6 is 0 Å². The fraction of sp³-hybridized carbons (Fsp3) is 0.391. The van der Waals surface area contributed by atoms with Gasteiger partial charge >= 0.3 is 0 Å². The van der Waals surface area contributed by atoms with E-state index in [0.29, 0.717) is 18.1 Å². The Morgan fingerprint density at radius 1 is 1.06 bits per heavy atom. The van der Waals surface area contributed by atoms with Crippen LogP contribution in [0.4, 0.5) is 14.7 Å². The lowest BCUT2D eigenvalue weighted by molar-refractivity contribution is 0.577. The second kappa shape index (κ2) is 9.22. The molecule has 10 heteroatoms. The highest BCUT2D eigenvalue weighted by Gasteiger charge is 2.21. The number of fused-ring (bicyclic) bond motifs is 1. The minimum atomic E-state index is -0.634. The average Bonchev–Trinajstić information content (AvgIpc) is 3.33. The maximum absolute atomic E-state index is 13.8. The lowest BCUT2D eigenvalue weighted by Crippen LogP contribution is -2.26. The number of tetrazole rings is 1. The summed E-state index contributed by atoms with van der Waals surface area (Å²) in [5, 5.41) is 13.4. The predicted octanol–water partition coefficient (Wildman–Crippen LogP) is 3.78. The highest BCUT2D eigenvalue weighted by Crippen LogP contribution is 2.27. The van der Waals surface area contributed by atoms with Gasteiger partial charge in [-0.3, -0.25) is 0 Å². The van der Waals surface area contributed by atoms with Crippen LogP contribution in [0.5, 0.6) is 0 Å². The standard InChI is InChI=1S/C23H28F2N8/c1-5-20(26)21-17(10-16-7-14(3)33(6-2)22(16)27-21)13-32(23-28-30-31(4)29-23)12-15-8-18(24)11-19(25)9-15/h7-11,20H,5-6,12-13,26H2,1-4H3. The summed E-state index contributed by atoms with van der Waals surface area (Å²) >= 11 is 0. The number of nitrogens with zero attached hydrogens (tertiary/aromatic N) is 7. The van der Waals surface area contributed by atoms with E-state index in [0.717, 1.165) is 47.0 Å². The van der Waals surface area contributed by atoms with Crippen LogP contribution in [0.1, 0.15) is 48.8 Å². The molecule has 0 aliphatic rings. The lowest BCUT2D eigenvalue weighted by Gasteiger charge is -2.23. The van der Waals surface area contributed by atoms with Gasteiger partial charge in [-0.05, 0) is 60.9 Å². The van der Waals surface area contributed by atoms with Crippen LogP contribution in [0.2, 0.25) is 0 Å². The van der Waals surface area contributed by atoms with E-state index in [1.807, 2.05) is 11.8 Å². The number of nitrogens with two attached hydrogens (primary N) is 1. The van der Waals surface area contributed by atoms with E-state index < -0.39 is 11.6 Å². The van der Waals surface area contributed by atoms with Crippen LogP contribution in [0, 0.1) is 18.6 Å². The number of anilines is 1. The largest absolute Gasteiger partial charge is 0.330 e. The first-order chi connectivity index (χ1) is 15.8. The molecule has 0 fully saturated rings. The Kier molecular flexibility index (Phi) is 6.37. The van der Waals surface area contributed by atoms with E-state index in [2.05, 4.69) is 46.0 Å². The van der Waals surface area contributed by atoms with E-state index in [1.54, 1.807) is 7.05 Å². The molecule has 0 amide bonds. The molecule has 0 radical (unpaired) electrons. The van der Waals surface area contributed by atoms with Crippen LogP contribution in [-0.2, 0) is 26.7 Å². The second-order valence-corrected chi connectivity index (χ2v) is 8.20. The number of rotatable bonds is 8. The number of halogens is 2. The molecule has 0 spiro atoms. The summed E-state index contributed by atoms with van der Waals surface area (Å²) in [6, 6.07) is 7.39. The average molecular weight is 455 g/mol. The molecule has 3 heterocycles. The maximum atomic E-state index is 13.8. The summed E-state index contributed by atoms with van der Waals surface area (Å²) in [6.45, 7) is 7.51. The SMILES string of the molecule is CCC(N)c1nc2c(cc1CN(Cc1cc(F)cc(F)c1)c1nnn(C)n1)cc(C)n2CC. The van der Waals surface area contributed by atoms with Crippen molar-refractivity contribution >= 4 is 17.0 Å². The van der Waals surface area contributed by atoms with Crippen molar-refractivity contribution in [3.05, 3.63) is 64.5 Å². The molecule has 3 aromatic heterocycles. The highest BCUT2D eigenvalue weighted by atomic mass is 19.1. The van der Waals surface area contributed by atoms with Gasteiger partial charge in [0.1, 0.15) is 17.3 Å². The van der Waals surface area contributed by atoms with Crippen molar-refractivity contribution < 1.29 is 8.78 Å². The van der Waals surface area contributed by atoms with Gasteiger partial charge in [0.2, 0.25) is 0 Å². The number of benzene rings is 1. The Balaban J connectivity index is 1.79. The molecule has 174 valence electrons. The Labute approximate surface area is 191 Å². The van der Waals surface area contributed by atoms with E-state index in [9.17, 15) is 8.78 Å². The molecule has 4 rings (SSSR count). The fourth-order valence-electron chi connectivity index (χ4n) is 4.14. The third kappa shape index (κ3) is 4.70. The van der Waals surface area contributed by atoms with E-state index in [1.165, 1.54) is 16.9 Å². The van der Waals surface area contributed by atoms with Crippen molar-refractivity contribution in [1.82, 2.24) is 29.8 Å². The highest BCUT2D eigenvalue weighted by molar-refractivity contribution is 5.79. The zero-order valence-corrected chi connectivity index (χ0v) is 19.3. The molecule has 33 heavy (non-hydrogen) atoms. The van der Waals surface area contributed by atoms with E-state index in [-0.39, 0.29) is 12.6 Å². The minimum Gasteiger partial charge on any atom is -0.330 e. The van der Waals surface area contributed by atoms with Crippen molar-refractivity contribution in [2.24, 2.45) is 12.8 Å². The van der Waals surface area contributed by atoms with Gasteiger partial charge in [-0.25, -0.2) is 13.8 Å². The van der Waals surface area contributed by atoms with Gasteiger partial charge < -0.3 is 15.2 Å². The number of pyridine rings is 1. The van der Waals surface area contributed by atoms with Crippen molar-refractivity contribution in [2.45, 2.75) is 52.9 Å². The first-order valence-electron chi connectivity index (χ1n) is 11.0. The molecule has 8 nitrogen and oxygen atoms in total. The monoisotopic (exact) mass is 454 g/mol. The zero-order chi connectivity index (χ0) is 23.7. The van der Waals surface area contributed by atoms with Crippen LogP contribution in [-0.4, -0.2) is 29.8 Å². The van der Waals surface area contributed by atoms with Gasteiger partial charge in [0, 0.05) is 42.8 Å². The Morgan fingerprint density at radius 2 is 1.79 bits per heavy atom. The third-order valence-electron chi connectivity index (χ3n) is 5.73. The van der Waals surface area contributed by atoms with Crippen molar-refractivity contribution in [3.63, 3.8) is 0 Å². The molecule has 1 unspecified atom stereocenters. The second-order valence-electron chi connectivity index (χ2n) is 8.20. The predicted molar refractivity (Wildman–Crippen MR) is 122 cm³/mol. The topological polar surface area (TPSA) is 90.7 Å². The molecule has 2 N–H and O–H groups in total. The number of aryl methyl sites for hydroxylation is 3. The third-order valence-corrected chi connectivity index (χ3v) is 5.73. The maximum Gasteiger partial charge on any atom is 0.266 e. The van der Waals surface area contributed by atoms with Gasteiger partial charge in [0.25, 0.3) is 5.95 Å². The summed E-state index contributed by atoms with van der Waals surface area (Å²) in [7, 11) is 1.67. The Hall–Kier alpha value is -3.40. The van der Waals surface area contributed by atoms with E-state index >= 15 is 0 Å². The normalized spacial score (nSPS) is 12.5. The number of aromatic nitrogens is 6. The van der Waals surface area contributed by atoms with Crippen molar-refractivity contribution in [1.29, 1.82) is 0 Å². The van der Waals surface area contributed by atoms with Gasteiger partial charge in [-0.15, -0.1) is 5.10 Å². The van der Waals surface area contributed by atoms with E-state index in [4.69, 9.17) is 10.7 Å². The quantitative estimate of drug-likeness (QED) is 0.436. The Bertz CT molecular complexity index is 1260. The van der Waals surface area contributed by atoms with Crippen molar-refractivity contribution in [3.8, 4) is 0 Å². The smallest absolute Gasteiger partial charge is 0.266 e. The summed E-state index contributed by atoms with van der Waals surface area (Å²) in [5.74, 6) is -0.920. The fourth-order valence-corrected chi connectivity index (χ4v) is 4.14. The van der Waals surface area contributed by atoms with Crippen LogP contribution in [0.25, 0.3) is 11.0 Å². The Morgan fingerprint density at radius 3 is 2.39 bits per heavy atom. The molecule has 0 saturated heterocycles. The zero-order valence-electron chi connectivity index (χ0n) is 19.3. The molecule has 1 aromatic carbocycles. The molecule has 0 aliphatic carbocycles. The summed E-state index contributed by atoms with van der Waals surface area (Å²) in [6.07, 6.45) is 0.718. The summed E-state index contributed by atoms with van der Waals surface area (Å²) in [5.41, 5.74) is 10.6. The molecular formula is C23H28F2N8. The molecule has 0 bridgehead atoms. The van der Waals surface area contributed by atoms with Gasteiger partial charge in [-0.1, -0.05) is 12.0 Å². The first-order valence-corrected chi connectivity index (χ1v) is 11.0. The minimum absolute atomic E-state index is 0.189. The van der Waals surface area contributed by atoms with Gasteiger partial charge in [-0.2, -0.15) is 4.80 Å².